The zero-order valence-electron chi connectivity index (χ0n) is 8.31. The largest absolute Gasteiger partial charge is 0.179 e. The number of thiol groups is 1. The lowest BCUT2D eigenvalue weighted by molar-refractivity contribution is 0.109. The van der Waals surface area contributed by atoms with Crippen LogP contribution >= 0.6 is 12.6 Å². The van der Waals surface area contributed by atoms with E-state index >= 15 is 0 Å². The van der Waals surface area contributed by atoms with Crippen molar-refractivity contribution in [2.45, 2.75) is 58.3 Å². The smallest absolute Gasteiger partial charge is 0.00979 e. The van der Waals surface area contributed by atoms with Gasteiger partial charge in [-0.25, -0.2) is 0 Å². The van der Waals surface area contributed by atoms with Gasteiger partial charge < -0.3 is 0 Å². The van der Waals surface area contributed by atoms with Crippen LogP contribution in [0.2, 0.25) is 0 Å². The highest BCUT2D eigenvalue weighted by atomic mass is 32.1. The summed E-state index contributed by atoms with van der Waals surface area (Å²) < 4.78 is 0. The summed E-state index contributed by atoms with van der Waals surface area (Å²) in [6.07, 6.45) is 11.5. The molecule has 1 aliphatic rings. The summed E-state index contributed by atoms with van der Waals surface area (Å²) in [5.41, 5.74) is 0.788. The molecule has 0 atom stereocenters. The number of hydrogen-bond donors (Lipinski definition) is 1. The summed E-state index contributed by atoms with van der Waals surface area (Å²) in [5.74, 6) is 1.07. The predicted molar refractivity (Wildman–Crippen MR) is 58.9 cm³/mol. The van der Waals surface area contributed by atoms with Gasteiger partial charge in [-0.15, -0.1) is 0 Å². The van der Waals surface area contributed by atoms with E-state index in [-0.39, 0.29) is 0 Å². The third-order valence-corrected chi connectivity index (χ3v) is 3.85. The molecule has 1 fully saturated rings. The Morgan fingerprint density at radius 3 is 2.33 bits per heavy atom. The Morgan fingerprint density at radius 2 is 1.92 bits per heavy atom. The fourth-order valence-corrected chi connectivity index (χ4v) is 2.47. The Balaban J connectivity index is 2.04. The molecule has 0 amide bonds. The quantitative estimate of drug-likeness (QED) is 0.469. The standard InChI is InChI=1S/C11H22S/c1-2-11(8-6-9-11)7-4-3-5-10-12/h12H,2-10H2,1H3. The van der Waals surface area contributed by atoms with Gasteiger partial charge in [0.15, 0.2) is 0 Å². The van der Waals surface area contributed by atoms with Gasteiger partial charge in [-0.3, -0.25) is 0 Å². The van der Waals surface area contributed by atoms with Crippen molar-refractivity contribution in [1.82, 2.24) is 0 Å². The van der Waals surface area contributed by atoms with Gasteiger partial charge in [-0.1, -0.05) is 32.6 Å². The summed E-state index contributed by atoms with van der Waals surface area (Å²) in [6, 6.07) is 0. The van der Waals surface area contributed by atoms with Gasteiger partial charge in [0.05, 0.1) is 0 Å². The molecule has 0 saturated heterocycles. The highest BCUT2D eigenvalue weighted by Crippen LogP contribution is 2.47. The molecule has 0 N–H and O–H groups in total. The lowest BCUT2D eigenvalue weighted by Gasteiger charge is -2.41. The van der Waals surface area contributed by atoms with Crippen molar-refractivity contribution in [3.8, 4) is 0 Å². The molecule has 1 aliphatic carbocycles. The molecular formula is C11H22S. The van der Waals surface area contributed by atoms with E-state index in [1.807, 2.05) is 0 Å². The van der Waals surface area contributed by atoms with E-state index in [0.29, 0.717) is 0 Å². The fourth-order valence-electron chi connectivity index (χ4n) is 2.25. The molecule has 0 bridgehead atoms. The molecule has 1 heteroatoms. The van der Waals surface area contributed by atoms with Crippen LogP contribution in [0.1, 0.15) is 58.3 Å². The van der Waals surface area contributed by atoms with Crippen molar-refractivity contribution in [2.24, 2.45) is 5.41 Å². The maximum atomic E-state index is 4.23. The maximum absolute atomic E-state index is 4.23. The second-order valence-electron chi connectivity index (χ2n) is 4.24. The molecule has 1 rings (SSSR count). The van der Waals surface area contributed by atoms with E-state index in [0.717, 1.165) is 11.2 Å². The van der Waals surface area contributed by atoms with Gasteiger partial charge in [0, 0.05) is 0 Å². The average Bonchev–Trinajstić information content (AvgIpc) is 2.02. The Hall–Kier alpha value is 0.350. The first-order chi connectivity index (χ1) is 5.83. The summed E-state index contributed by atoms with van der Waals surface area (Å²) in [4.78, 5) is 0. The van der Waals surface area contributed by atoms with E-state index in [2.05, 4.69) is 19.6 Å². The van der Waals surface area contributed by atoms with Crippen LogP contribution in [0, 0.1) is 5.41 Å². The van der Waals surface area contributed by atoms with Crippen LogP contribution in [0.3, 0.4) is 0 Å². The zero-order chi connectivity index (χ0) is 8.86. The zero-order valence-corrected chi connectivity index (χ0v) is 9.21. The van der Waals surface area contributed by atoms with Gasteiger partial charge in [-0.2, -0.15) is 12.6 Å². The van der Waals surface area contributed by atoms with Gasteiger partial charge in [0.2, 0.25) is 0 Å². The number of rotatable bonds is 6. The van der Waals surface area contributed by atoms with Crippen LogP contribution in [0.15, 0.2) is 0 Å². The minimum Gasteiger partial charge on any atom is -0.179 e. The molecule has 0 spiro atoms. The molecule has 0 radical (unpaired) electrons. The van der Waals surface area contributed by atoms with Crippen LogP contribution in [-0.2, 0) is 0 Å². The molecule has 0 nitrogen and oxygen atoms in total. The van der Waals surface area contributed by atoms with Crippen LogP contribution in [-0.4, -0.2) is 5.75 Å². The van der Waals surface area contributed by atoms with Crippen LogP contribution in [0.25, 0.3) is 0 Å². The SMILES string of the molecule is CCC1(CCCCCS)CCC1. The van der Waals surface area contributed by atoms with Crippen molar-refractivity contribution in [2.75, 3.05) is 5.75 Å². The highest BCUT2D eigenvalue weighted by molar-refractivity contribution is 7.80. The molecular weight excluding hydrogens is 164 g/mol. The first kappa shape index (κ1) is 10.4. The van der Waals surface area contributed by atoms with E-state index in [1.165, 1.54) is 51.4 Å². The van der Waals surface area contributed by atoms with Crippen LogP contribution < -0.4 is 0 Å². The minimum absolute atomic E-state index is 0.788. The van der Waals surface area contributed by atoms with Crippen LogP contribution in [0.5, 0.6) is 0 Å². The molecule has 0 aromatic heterocycles. The molecule has 0 unspecified atom stereocenters. The second-order valence-corrected chi connectivity index (χ2v) is 4.69. The van der Waals surface area contributed by atoms with E-state index < -0.39 is 0 Å². The fraction of sp³-hybridized carbons (Fsp3) is 1.00. The van der Waals surface area contributed by atoms with Gasteiger partial charge in [0.1, 0.15) is 0 Å². The van der Waals surface area contributed by atoms with Crippen molar-refractivity contribution in [1.29, 1.82) is 0 Å². The Labute approximate surface area is 82.5 Å². The van der Waals surface area contributed by atoms with Gasteiger partial charge in [0.25, 0.3) is 0 Å². The van der Waals surface area contributed by atoms with Crippen molar-refractivity contribution in [3.63, 3.8) is 0 Å². The average molecular weight is 186 g/mol. The van der Waals surface area contributed by atoms with Gasteiger partial charge >= 0.3 is 0 Å². The van der Waals surface area contributed by atoms with Gasteiger partial charge in [-0.05, 0) is 36.9 Å². The summed E-state index contributed by atoms with van der Waals surface area (Å²) in [5, 5.41) is 0. The van der Waals surface area contributed by atoms with Crippen molar-refractivity contribution in [3.05, 3.63) is 0 Å². The molecule has 0 aromatic carbocycles. The Bertz CT molecular complexity index is 111. The Kier molecular flexibility index (Phi) is 4.49. The summed E-state index contributed by atoms with van der Waals surface area (Å²) in [6.45, 7) is 2.36. The normalized spacial score (nSPS) is 20.5. The first-order valence-electron chi connectivity index (χ1n) is 5.44. The third-order valence-electron chi connectivity index (χ3n) is 3.53. The molecule has 0 aliphatic heterocycles. The van der Waals surface area contributed by atoms with Crippen LogP contribution in [0.4, 0.5) is 0 Å². The second kappa shape index (κ2) is 5.16. The van der Waals surface area contributed by atoms with E-state index in [9.17, 15) is 0 Å². The first-order valence-corrected chi connectivity index (χ1v) is 6.07. The number of unbranched alkanes of at least 4 members (excludes halogenated alkanes) is 2. The third kappa shape index (κ3) is 2.69. The summed E-state index contributed by atoms with van der Waals surface area (Å²) in [7, 11) is 0. The topological polar surface area (TPSA) is 0 Å². The Morgan fingerprint density at radius 1 is 1.17 bits per heavy atom. The van der Waals surface area contributed by atoms with Crippen molar-refractivity contribution >= 4 is 12.6 Å². The van der Waals surface area contributed by atoms with E-state index in [1.54, 1.807) is 0 Å². The van der Waals surface area contributed by atoms with Crippen molar-refractivity contribution < 1.29 is 0 Å². The number of hydrogen-bond acceptors (Lipinski definition) is 1. The molecule has 12 heavy (non-hydrogen) atoms. The maximum Gasteiger partial charge on any atom is -0.00979 e. The molecule has 0 heterocycles. The lowest BCUT2D eigenvalue weighted by Crippen LogP contribution is -2.28. The molecule has 1 saturated carbocycles. The van der Waals surface area contributed by atoms with E-state index in [4.69, 9.17) is 0 Å². The predicted octanol–water partition coefficient (Wildman–Crippen LogP) is 4.06. The monoisotopic (exact) mass is 186 g/mol. The highest BCUT2D eigenvalue weighted by Gasteiger charge is 2.33. The lowest BCUT2D eigenvalue weighted by atomic mass is 9.64. The molecule has 72 valence electrons. The molecule has 0 aromatic rings. The summed E-state index contributed by atoms with van der Waals surface area (Å²) >= 11 is 4.23. The minimum atomic E-state index is 0.788.